The molecular weight excluding hydrogens is 354 g/mol. The molecule has 28 heavy (non-hydrogen) atoms. The van der Waals surface area contributed by atoms with Gasteiger partial charge >= 0.3 is 5.97 Å². The number of hydrogen-bond donors (Lipinski definition) is 2. The number of nitrogens with zero attached hydrogens (tertiary/aromatic N) is 1. The van der Waals surface area contributed by atoms with Crippen molar-refractivity contribution in [2.45, 2.75) is 37.8 Å². The Hall–Kier alpha value is -2.92. The lowest BCUT2D eigenvalue weighted by Gasteiger charge is -2.22. The number of aryl methyl sites for hydroxylation is 1. The Morgan fingerprint density at radius 3 is 2.54 bits per heavy atom. The van der Waals surface area contributed by atoms with Crippen molar-refractivity contribution in [3.63, 3.8) is 0 Å². The predicted octanol–water partition coefficient (Wildman–Crippen LogP) is 3.60. The summed E-state index contributed by atoms with van der Waals surface area (Å²) in [6.45, 7) is 0.649. The molecule has 2 atom stereocenters. The van der Waals surface area contributed by atoms with Gasteiger partial charge in [-0.15, -0.1) is 0 Å². The molecule has 5 heteroatoms. The molecular formula is C23H25NO4. The molecule has 1 aliphatic heterocycles. The number of rotatable bonds is 8. The number of aliphatic hydroxyl groups is 1. The summed E-state index contributed by atoms with van der Waals surface area (Å²) in [4.78, 5) is 25.0. The molecule has 3 rings (SSSR count). The lowest BCUT2D eigenvalue weighted by atomic mass is 10.1. The van der Waals surface area contributed by atoms with E-state index in [1.54, 1.807) is 18.2 Å². The first kappa shape index (κ1) is 19.8. The van der Waals surface area contributed by atoms with Crippen molar-refractivity contribution in [1.82, 2.24) is 4.90 Å². The molecule has 0 aliphatic carbocycles. The third-order valence-corrected chi connectivity index (χ3v) is 5.10. The van der Waals surface area contributed by atoms with Crippen molar-refractivity contribution >= 4 is 11.9 Å². The minimum Gasteiger partial charge on any atom is -0.478 e. The lowest BCUT2D eigenvalue weighted by Crippen LogP contribution is -2.33. The van der Waals surface area contributed by atoms with E-state index < -0.39 is 12.1 Å². The van der Waals surface area contributed by atoms with Gasteiger partial charge in [-0.2, -0.15) is 0 Å². The largest absolute Gasteiger partial charge is 0.478 e. The smallest absolute Gasteiger partial charge is 0.335 e. The molecule has 2 aromatic rings. The predicted molar refractivity (Wildman–Crippen MR) is 107 cm³/mol. The highest BCUT2D eigenvalue weighted by Crippen LogP contribution is 2.22. The zero-order chi connectivity index (χ0) is 19.9. The van der Waals surface area contributed by atoms with E-state index in [1.807, 2.05) is 53.4 Å². The molecule has 2 N–H and O–H groups in total. The van der Waals surface area contributed by atoms with Crippen LogP contribution < -0.4 is 0 Å². The molecule has 0 aromatic heterocycles. The van der Waals surface area contributed by atoms with Gasteiger partial charge in [-0.1, -0.05) is 54.6 Å². The van der Waals surface area contributed by atoms with Gasteiger partial charge < -0.3 is 15.1 Å². The summed E-state index contributed by atoms with van der Waals surface area (Å²) in [6, 6.07) is 16.3. The molecule has 1 heterocycles. The Morgan fingerprint density at radius 1 is 1.14 bits per heavy atom. The van der Waals surface area contributed by atoms with Crippen LogP contribution in [0.1, 0.15) is 46.9 Å². The summed E-state index contributed by atoms with van der Waals surface area (Å²) in [5.74, 6) is -0.786. The van der Waals surface area contributed by atoms with E-state index in [0.717, 1.165) is 30.4 Å². The zero-order valence-corrected chi connectivity index (χ0v) is 15.7. The van der Waals surface area contributed by atoms with Gasteiger partial charge in [0, 0.05) is 13.0 Å². The summed E-state index contributed by atoms with van der Waals surface area (Å²) in [5, 5.41) is 19.2. The fraction of sp³-hybridized carbons (Fsp3) is 0.304. The Labute approximate surface area is 164 Å². The molecule has 2 unspecified atom stereocenters. The fourth-order valence-electron chi connectivity index (χ4n) is 3.51. The third kappa shape index (κ3) is 5.08. The Balaban J connectivity index is 1.53. The number of carbonyl (C=O) groups is 2. The van der Waals surface area contributed by atoms with Gasteiger partial charge in [0.1, 0.15) is 0 Å². The molecule has 2 aromatic carbocycles. The van der Waals surface area contributed by atoms with Crippen LogP contribution in [0.25, 0.3) is 0 Å². The van der Waals surface area contributed by atoms with E-state index in [2.05, 4.69) is 0 Å². The van der Waals surface area contributed by atoms with Crippen LogP contribution in [0.5, 0.6) is 0 Å². The van der Waals surface area contributed by atoms with Crippen LogP contribution in [0.2, 0.25) is 0 Å². The minimum atomic E-state index is -0.929. The van der Waals surface area contributed by atoms with Gasteiger partial charge in [-0.3, -0.25) is 4.79 Å². The van der Waals surface area contributed by atoms with Crippen LogP contribution in [-0.4, -0.2) is 39.6 Å². The Kier molecular flexibility index (Phi) is 6.61. The van der Waals surface area contributed by atoms with E-state index in [-0.39, 0.29) is 17.5 Å². The monoisotopic (exact) mass is 379 g/mol. The van der Waals surface area contributed by atoms with Crippen molar-refractivity contribution in [1.29, 1.82) is 0 Å². The van der Waals surface area contributed by atoms with Crippen LogP contribution >= 0.6 is 0 Å². The lowest BCUT2D eigenvalue weighted by molar-refractivity contribution is -0.128. The number of likely N-dealkylation sites (tertiary alicyclic amines) is 1. The van der Waals surface area contributed by atoms with Crippen molar-refractivity contribution in [3.05, 3.63) is 83.4 Å². The van der Waals surface area contributed by atoms with Crippen LogP contribution in [-0.2, 0) is 11.2 Å². The minimum absolute atomic E-state index is 0.0141. The number of carboxylic acid groups (broad SMARTS) is 1. The third-order valence-electron chi connectivity index (χ3n) is 5.10. The molecule has 0 radical (unpaired) electrons. The van der Waals surface area contributed by atoms with Gasteiger partial charge in [-0.25, -0.2) is 4.79 Å². The van der Waals surface area contributed by atoms with Crippen LogP contribution in [0.15, 0.2) is 66.7 Å². The van der Waals surface area contributed by atoms with E-state index in [9.17, 15) is 14.7 Å². The highest BCUT2D eigenvalue weighted by molar-refractivity contribution is 5.87. The molecule has 5 nitrogen and oxygen atoms in total. The second-order valence-electron chi connectivity index (χ2n) is 7.04. The zero-order valence-electron chi connectivity index (χ0n) is 15.7. The van der Waals surface area contributed by atoms with Gasteiger partial charge in [0.2, 0.25) is 5.91 Å². The Morgan fingerprint density at radius 2 is 1.86 bits per heavy atom. The van der Waals surface area contributed by atoms with Crippen molar-refractivity contribution in [2.24, 2.45) is 0 Å². The fourth-order valence-corrected chi connectivity index (χ4v) is 3.51. The average molecular weight is 379 g/mol. The van der Waals surface area contributed by atoms with Crippen LogP contribution in [0, 0.1) is 0 Å². The van der Waals surface area contributed by atoms with Crippen LogP contribution in [0.3, 0.4) is 0 Å². The number of aliphatic hydroxyl groups excluding tert-OH is 1. The van der Waals surface area contributed by atoms with Crippen LogP contribution in [0.4, 0.5) is 0 Å². The second-order valence-corrected chi connectivity index (χ2v) is 7.04. The quantitative estimate of drug-likeness (QED) is 0.687. The number of carbonyl (C=O) groups excluding carboxylic acids is 1. The maximum atomic E-state index is 12.2. The van der Waals surface area contributed by atoms with E-state index in [0.29, 0.717) is 13.0 Å². The summed E-state index contributed by atoms with van der Waals surface area (Å²) >= 11 is 0. The maximum Gasteiger partial charge on any atom is 0.335 e. The first-order valence-electron chi connectivity index (χ1n) is 9.57. The van der Waals surface area contributed by atoms with Crippen molar-refractivity contribution in [3.8, 4) is 0 Å². The first-order valence-corrected chi connectivity index (χ1v) is 9.57. The number of aromatic carboxylic acids is 1. The number of amides is 1. The summed E-state index contributed by atoms with van der Waals surface area (Å²) in [5.41, 5.74) is 2.17. The molecule has 1 saturated heterocycles. The van der Waals surface area contributed by atoms with E-state index in [4.69, 9.17) is 5.11 Å². The first-order chi connectivity index (χ1) is 13.5. The second kappa shape index (κ2) is 9.33. The molecule has 0 saturated carbocycles. The maximum absolute atomic E-state index is 12.2. The summed E-state index contributed by atoms with van der Waals surface area (Å²) in [6.07, 6.45) is 5.91. The molecule has 1 aliphatic rings. The highest BCUT2D eigenvalue weighted by Gasteiger charge is 2.28. The van der Waals surface area contributed by atoms with Gasteiger partial charge in [-0.05, 0) is 42.5 Å². The molecule has 146 valence electrons. The highest BCUT2D eigenvalue weighted by atomic mass is 16.4. The van der Waals surface area contributed by atoms with Gasteiger partial charge in [0.25, 0.3) is 0 Å². The Bertz CT molecular complexity index is 829. The number of carboxylic acids is 1. The van der Waals surface area contributed by atoms with Crippen molar-refractivity contribution < 1.29 is 19.8 Å². The summed E-state index contributed by atoms with van der Waals surface area (Å²) < 4.78 is 0. The topological polar surface area (TPSA) is 77.8 Å². The summed E-state index contributed by atoms with van der Waals surface area (Å²) in [7, 11) is 0. The number of hydrogen-bond acceptors (Lipinski definition) is 3. The molecule has 1 amide bonds. The van der Waals surface area contributed by atoms with Gasteiger partial charge in [0.15, 0.2) is 0 Å². The molecule has 0 bridgehead atoms. The standard InChI is InChI=1S/C23H25NO4/c25-21(18-6-2-1-3-7-18)14-12-20-13-15-22(26)24(20)16-4-5-17-8-10-19(11-9-17)23(27)28/h1-3,6-12,14,20-21,25H,4-5,13,15-16H2,(H,27,28)/b14-12+. The average Bonchev–Trinajstić information content (AvgIpc) is 3.07. The number of benzene rings is 2. The van der Waals surface area contributed by atoms with Crippen molar-refractivity contribution in [2.75, 3.05) is 6.54 Å². The SMILES string of the molecule is O=C(O)c1ccc(CCCN2C(=O)CCC2/C=C/C(O)c2ccccc2)cc1. The normalized spacial score (nSPS) is 18.0. The molecule has 1 fully saturated rings. The van der Waals surface area contributed by atoms with E-state index >= 15 is 0 Å². The molecule has 0 spiro atoms. The van der Waals surface area contributed by atoms with Gasteiger partial charge in [0.05, 0.1) is 17.7 Å². The van der Waals surface area contributed by atoms with E-state index in [1.165, 1.54) is 0 Å².